The summed E-state index contributed by atoms with van der Waals surface area (Å²) in [7, 11) is 4.02. The number of anilines is 1. The number of hydrogen-bond acceptors (Lipinski definition) is 4. The highest BCUT2D eigenvalue weighted by Crippen LogP contribution is 2.24. The van der Waals surface area contributed by atoms with Crippen LogP contribution in [0.3, 0.4) is 0 Å². The van der Waals surface area contributed by atoms with Crippen LogP contribution in [0.2, 0.25) is 0 Å². The van der Waals surface area contributed by atoms with Crippen LogP contribution >= 0.6 is 11.8 Å². The van der Waals surface area contributed by atoms with Gasteiger partial charge in [-0.15, -0.1) is 11.8 Å². The molecular formula is C19H25N3O2S. The summed E-state index contributed by atoms with van der Waals surface area (Å²) in [5.41, 5.74) is 1.81. The summed E-state index contributed by atoms with van der Waals surface area (Å²) >= 11 is 1.60. The van der Waals surface area contributed by atoms with E-state index in [1.54, 1.807) is 11.8 Å². The molecule has 0 unspecified atom stereocenters. The summed E-state index contributed by atoms with van der Waals surface area (Å²) in [4.78, 5) is 15.2. The lowest BCUT2D eigenvalue weighted by atomic mass is 10.2. The minimum atomic E-state index is -0.222. The molecule has 0 aliphatic carbocycles. The van der Waals surface area contributed by atoms with Gasteiger partial charge in [0.1, 0.15) is 12.4 Å². The molecule has 134 valence electrons. The molecule has 0 saturated heterocycles. The maximum Gasteiger partial charge on any atom is 0.319 e. The fourth-order valence-corrected chi connectivity index (χ4v) is 2.74. The highest BCUT2D eigenvalue weighted by Gasteiger charge is 2.06. The van der Waals surface area contributed by atoms with E-state index in [-0.39, 0.29) is 6.03 Å². The lowest BCUT2D eigenvalue weighted by Gasteiger charge is -2.13. The Hall–Kier alpha value is -2.18. The molecule has 0 heterocycles. The normalized spacial score (nSPS) is 10.6. The molecule has 2 aromatic carbocycles. The third-order valence-corrected chi connectivity index (χ3v) is 4.31. The largest absolute Gasteiger partial charge is 0.492 e. The lowest BCUT2D eigenvalue weighted by Crippen LogP contribution is -2.28. The number of carbonyl (C=O) groups excluding carboxylic acids is 1. The standard InChI is InChI=1S/C19H25N3O2S/c1-22(2)11-12-24-16-8-6-7-15(13-16)14-20-19(23)21-17-9-4-5-10-18(17)25-3/h4-10,13H,11-12,14H2,1-3H3,(H2,20,21,23). The van der Waals surface area contributed by atoms with Gasteiger partial charge in [0.25, 0.3) is 0 Å². The van der Waals surface area contributed by atoms with Gasteiger partial charge in [-0.05, 0) is 50.2 Å². The molecule has 2 aromatic rings. The van der Waals surface area contributed by atoms with E-state index in [1.807, 2.05) is 68.9 Å². The second kappa shape index (κ2) is 9.96. The zero-order chi connectivity index (χ0) is 18.1. The van der Waals surface area contributed by atoms with E-state index in [1.165, 1.54) is 0 Å². The van der Waals surface area contributed by atoms with Gasteiger partial charge in [-0.25, -0.2) is 4.79 Å². The average molecular weight is 359 g/mol. The highest BCUT2D eigenvalue weighted by molar-refractivity contribution is 7.98. The van der Waals surface area contributed by atoms with Crippen molar-refractivity contribution < 1.29 is 9.53 Å². The van der Waals surface area contributed by atoms with Crippen LogP contribution in [0.4, 0.5) is 10.5 Å². The predicted octanol–water partition coefficient (Wildman–Crippen LogP) is 3.67. The minimum Gasteiger partial charge on any atom is -0.492 e. The van der Waals surface area contributed by atoms with Crippen LogP contribution in [0.25, 0.3) is 0 Å². The topological polar surface area (TPSA) is 53.6 Å². The SMILES string of the molecule is CSc1ccccc1NC(=O)NCc1cccc(OCCN(C)C)c1. The van der Waals surface area contributed by atoms with Crippen molar-refractivity contribution in [2.45, 2.75) is 11.4 Å². The van der Waals surface area contributed by atoms with Gasteiger partial charge in [-0.3, -0.25) is 0 Å². The molecule has 2 rings (SSSR count). The van der Waals surface area contributed by atoms with Crippen molar-refractivity contribution in [3.8, 4) is 5.75 Å². The number of benzene rings is 2. The molecule has 0 aliphatic rings. The summed E-state index contributed by atoms with van der Waals surface area (Å²) in [5.74, 6) is 0.814. The van der Waals surface area contributed by atoms with Crippen LogP contribution < -0.4 is 15.4 Å². The number of rotatable bonds is 8. The Morgan fingerprint density at radius 3 is 2.72 bits per heavy atom. The van der Waals surface area contributed by atoms with Crippen LogP contribution in [0.5, 0.6) is 5.75 Å². The first-order chi connectivity index (χ1) is 12.1. The molecule has 0 saturated carbocycles. The average Bonchev–Trinajstić information content (AvgIpc) is 2.60. The molecule has 0 radical (unpaired) electrons. The van der Waals surface area contributed by atoms with Gasteiger partial charge in [0.15, 0.2) is 0 Å². The number of amides is 2. The third-order valence-electron chi connectivity index (χ3n) is 3.51. The summed E-state index contributed by atoms with van der Waals surface area (Å²) in [6, 6.07) is 15.3. The van der Waals surface area contributed by atoms with Crippen molar-refractivity contribution in [1.29, 1.82) is 0 Å². The van der Waals surface area contributed by atoms with Crippen molar-refractivity contribution >= 4 is 23.5 Å². The number of likely N-dealkylation sites (N-methyl/N-ethyl adjacent to an activating group) is 1. The summed E-state index contributed by atoms with van der Waals surface area (Å²) < 4.78 is 5.72. The number of thioether (sulfide) groups is 1. The number of ether oxygens (including phenoxy) is 1. The molecule has 5 nitrogen and oxygen atoms in total. The Bertz CT molecular complexity index is 692. The van der Waals surface area contributed by atoms with Crippen LogP contribution in [-0.2, 0) is 6.54 Å². The maximum atomic E-state index is 12.1. The first-order valence-corrected chi connectivity index (χ1v) is 9.35. The monoisotopic (exact) mass is 359 g/mol. The summed E-state index contributed by atoms with van der Waals surface area (Å²) in [6.45, 7) is 1.94. The first-order valence-electron chi connectivity index (χ1n) is 8.13. The molecule has 2 amide bonds. The summed E-state index contributed by atoms with van der Waals surface area (Å²) in [6.07, 6.45) is 1.99. The molecular weight excluding hydrogens is 334 g/mol. The van der Waals surface area contributed by atoms with E-state index in [2.05, 4.69) is 15.5 Å². The molecule has 6 heteroatoms. The van der Waals surface area contributed by atoms with Crippen molar-refractivity contribution in [3.05, 3.63) is 54.1 Å². The van der Waals surface area contributed by atoms with Gasteiger partial charge in [0.05, 0.1) is 5.69 Å². The zero-order valence-corrected chi connectivity index (χ0v) is 15.7. The first kappa shape index (κ1) is 19.1. The van der Waals surface area contributed by atoms with E-state index in [0.29, 0.717) is 13.2 Å². The van der Waals surface area contributed by atoms with Gasteiger partial charge in [0.2, 0.25) is 0 Å². The van der Waals surface area contributed by atoms with E-state index >= 15 is 0 Å². The van der Waals surface area contributed by atoms with E-state index in [4.69, 9.17) is 4.74 Å². The van der Waals surface area contributed by atoms with Crippen molar-refractivity contribution in [3.63, 3.8) is 0 Å². The molecule has 0 aliphatic heterocycles. The number of para-hydroxylation sites is 1. The summed E-state index contributed by atoms with van der Waals surface area (Å²) in [5, 5.41) is 5.76. The third kappa shape index (κ3) is 6.68. The Morgan fingerprint density at radius 2 is 1.96 bits per heavy atom. The smallest absolute Gasteiger partial charge is 0.319 e. The molecule has 0 fully saturated rings. The fraction of sp³-hybridized carbons (Fsp3) is 0.316. The molecule has 0 aromatic heterocycles. The Kier molecular flexibility index (Phi) is 7.63. The van der Waals surface area contributed by atoms with Crippen molar-refractivity contribution in [2.75, 3.05) is 38.8 Å². The number of hydrogen-bond donors (Lipinski definition) is 2. The van der Waals surface area contributed by atoms with Gasteiger partial charge in [0, 0.05) is 18.0 Å². The fourth-order valence-electron chi connectivity index (χ4n) is 2.19. The van der Waals surface area contributed by atoms with Gasteiger partial charge in [-0.1, -0.05) is 24.3 Å². The van der Waals surface area contributed by atoms with E-state index in [9.17, 15) is 4.79 Å². The maximum absolute atomic E-state index is 12.1. The molecule has 0 bridgehead atoms. The van der Waals surface area contributed by atoms with E-state index < -0.39 is 0 Å². The van der Waals surface area contributed by atoms with Crippen LogP contribution in [0.1, 0.15) is 5.56 Å². The Morgan fingerprint density at radius 1 is 1.16 bits per heavy atom. The quantitative estimate of drug-likeness (QED) is 0.706. The Balaban J connectivity index is 1.85. The number of nitrogens with zero attached hydrogens (tertiary/aromatic N) is 1. The molecule has 25 heavy (non-hydrogen) atoms. The van der Waals surface area contributed by atoms with Crippen LogP contribution in [0.15, 0.2) is 53.4 Å². The van der Waals surface area contributed by atoms with E-state index in [0.717, 1.165) is 28.4 Å². The second-order valence-electron chi connectivity index (χ2n) is 5.81. The van der Waals surface area contributed by atoms with Crippen molar-refractivity contribution in [1.82, 2.24) is 10.2 Å². The molecule has 2 N–H and O–H groups in total. The second-order valence-corrected chi connectivity index (χ2v) is 6.66. The van der Waals surface area contributed by atoms with Crippen LogP contribution in [0, 0.1) is 0 Å². The highest BCUT2D eigenvalue weighted by atomic mass is 32.2. The van der Waals surface area contributed by atoms with Crippen molar-refractivity contribution in [2.24, 2.45) is 0 Å². The lowest BCUT2D eigenvalue weighted by molar-refractivity contribution is 0.251. The van der Waals surface area contributed by atoms with Gasteiger partial charge < -0.3 is 20.3 Å². The minimum absolute atomic E-state index is 0.222. The molecule has 0 atom stereocenters. The van der Waals surface area contributed by atoms with Crippen LogP contribution in [-0.4, -0.2) is 44.4 Å². The number of nitrogens with one attached hydrogen (secondary N) is 2. The zero-order valence-electron chi connectivity index (χ0n) is 14.9. The molecule has 0 spiro atoms. The van der Waals surface area contributed by atoms with Gasteiger partial charge in [-0.2, -0.15) is 0 Å². The predicted molar refractivity (Wildman–Crippen MR) is 105 cm³/mol. The Labute approximate surface area is 153 Å². The number of carbonyl (C=O) groups is 1. The van der Waals surface area contributed by atoms with Gasteiger partial charge >= 0.3 is 6.03 Å². The number of urea groups is 1.